The van der Waals surface area contributed by atoms with Crippen molar-refractivity contribution in [1.82, 2.24) is 54.7 Å². The Morgan fingerprint density at radius 2 is 1.45 bits per heavy atom. The van der Waals surface area contributed by atoms with Gasteiger partial charge in [0.25, 0.3) is 0 Å². The molecule has 22 nitrogen and oxygen atoms in total. The lowest BCUT2D eigenvalue weighted by Gasteiger charge is -2.37. The van der Waals surface area contributed by atoms with Gasteiger partial charge in [0, 0.05) is 77.7 Å². The van der Waals surface area contributed by atoms with E-state index in [1.165, 1.54) is 9.36 Å². The number of halogens is 1. The number of unbranched alkanes of at least 4 members (excludes halogenated alkanes) is 1. The van der Waals surface area contributed by atoms with Gasteiger partial charge in [-0.1, -0.05) is 16.3 Å². The molecule has 5 rings (SSSR count). The third-order valence-corrected chi connectivity index (χ3v) is 9.73. The summed E-state index contributed by atoms with van der Waals surface area (Å²) in [7, 11) is 0. The van der Waals surface area contributed by atoms with Crippen LogP contribution in [0.5, 0.6) is 0 Å². The molecule has 2 amide bonds. The van der Waals surface area contributed by atoms with Gasteiger partial charge in [-0.3, -0.25) is 9.59 Å². The molecule has 0 aromatic carbocycles. The Morgan fingerprint density at radius 3 is 2.07 bits per heavy atom. The zero-order valence-electron chi connectivity index (χ0n) is 34.6. The van der Waals surface area contributed by atoms with Gasteiger partial charge in [-0.2, -0.15) is 15.0 Å². The molecule has 0 radical (unpaired) electrons. The molecule has 0 bridgehead atoms. The first-order valence-corrected chi connectivity index (χ1v) is 20.3. The van der Waals surface area contributed by atoms with Crippen molar-refractivity contribution in [1.29, 1.82) is 0 Å². The van der Waals surface area contributed by atoms with Crippen molar-refractivity contribution in [3.63, 3.8) is 0 Å². The Bertz CT molecular complexity index is 1780. The zero-order chi connectivity index (χ0) is 42.0. The first-order chi connectivity index (χ1) is 28.6. The van der Waals surface area contributed by atoms with Crippen LogP contribution in [0.2, 0.25) is 0 Å². The maximum absolute atomic E-state index is 13.8. The number of rotatable bonds is 24. The van der Waals surface area contributed by atoms with Crippen LogP contribution in [-0.4, -0.2) is 194 Å². The van der Waals surface area contributed by atoms with E-state index in [0.717, 1.165) is 31.5 Å². The van der Waals surface area contributed by atoms with E-state index < -0.39 is 18.2 Å². The van der Waals surface area contributed by atoms with Crippen molar-refractivity contribution in [2.24, 2.45) is 0 Å². The predicted octanol–water partition coefficient (Wildman–Crippen LogP) is -5.74. The number of hydrogen-bond donors (Lipinski definition) is 4. The number of piperazine rings is 2. The summed E-state index contributed by atoms with van der Waals surface area (Å²) in [6.07, 6.45) is 10.1. The van der Waals surface area contributed by atoms with Crippen LogP contribution in [0, 0.1) is 12.3 Å². The van der Waals surface area contributed by atoms with Crippen LogP contribution in [0.4, 0.5) is 17.8 Å². The second-order valence-electron chi connectivity index (χ2n) is 14.5. The van der Waals surface area contributed by atoms with Crippen LogP contribution in [0.15, 0.2) is 12.4 Å². The molecule has 3 atom stereocenters. The number of nitrogens with zero attached hydrogens (tertiary/aromatic N) is 13. The Kier molecular flexibility index (Phi) is 20.1. The number of carbonyl (C=O) groups excluding carboxylic acids is 2. The highest BCUT2D eigenvalue weighted by molar-refractivity contribution is 5.81. The average molecular weight is 862 g/mol. The molecular formula is C37H60ClN15O7. The summed E-state index contributed by atoms with van der Waals surface area (Å²) in [6, 6.07) is -0.897. The fourth-order valence-corrected chi connectivity index (χ4v) is 6.63. The summed E-state index contributed by atoms with van der Waals surface area (Å²) in [4.78, 5) is 48.8. The third-order valence-electron chi connectivity index (χ3n) is 9.73. The highest BCUT2D eigenvalue weighted by atomic mass is 35.5. The fourth-order valence-electron chi connectivity index (χ4n) is 6.63. The van der Waals surface area contributed by atoms with Gasteiger partial charge >= 0.3 is 0 Å². The van der Waals surface area contributed by atoms with Gasteiger partial charge in [0.1, 0.15) is 13.2 Å². The number of terminal acetylenes is 1. The number of aromatic nitrogens is 9. The number of aryl methyl sites for hydroxylation is 1. The van der Waals surface area contributed by atoms with Gasteiger partial charge < -0.3 is 67.5 Å². The lowest BCUT2D eigenvalue weighted by atomic mass is 10.1. The number of hydrogen-bond acceptors (Lipinski definition) is 17. The van der Waals surface area contributed by atoms with E-state index in [4.69, 9.17) is 35.6 Å². The lowest BCUT2D eigenvalue weighted by Crippen LogP contribution is -3.00. The molecule has 2 saturated heterocycles. The minimum Gasteiger partial charge on any atom is -1.00 e. The molecule has 23 heteroatoms. The average Bonchev–Trinajstić information content (AvgIpc) is 3.88. The van der Waals surface area contributed by atoms with E-state index in [1.807, 2.05) is 9.80 Å². The topological polar surface area (TPSA) is 255 Å². The summed E-state index contributed by atoms with van der Waals surface area (Å²) in [5.74, 6) is 3.40. The standard InChI is InChI=1S/C37H59N15O7.ClH/c1-4-18-57-20-22-59-23-21-58-19-9-39-35-40-36(49-14-10-47(11-15-49)32(55)27-51-25-31(44-45-51)24-28(2)53)42-37(41-35)50-16-12-48(13-17-50)34(56)33(29(3)54)52-26-30(43-46-52)7-5-6-8-38;/h1,25-26,28-29,33,53-54H,5-24,27,38H2,2-3H3,(H,39,40,41,42);1H. The number of amides is 2. The Morgan fingerprint density at radius 1 is 0.833 bits per heavy atom. The van der Waals surface area contributed by atoms with Crippen molar-refractivity contribution >= 4 is 29.7 Å². The van der Waals surface area contributed by atoms with E-state index in [0.29, 0.717) is 122 Å². The SMILES string of the molecule is C#CCOCCOCCOCCNc1nc(N2CCN(C(=O)Cn3cc(CC(C)O)nn3)CC2)nc(N2CCN(C(=O)C(C(C)O)n3cc(CCCC[NH3+])nn3)CC2)n1.[Cl-]. The van der Waals surface area contributed by atoms with Crippen LogP contribution in [0.25, 0.3) is 0 Å². The van der Waals surface area contributed by atoms with Crippen LogP contribution in [-0.2, 0) is 43.2 Å². The van der Waals surface area contributed by atoms with Crippen molar-refractivity contribution < 1.29 is 52.2 Å². The molecule has 0 saturated carbocycles. The summed E-state index contributed by atoms with van der Waals surface area (Å²) >= 11 is 0. The molecule has 0 aliphatic carbocycles. The molecule has 5 heterocycles. The van der Waals surface area contributed by atoms with Crippen LogP contribution in [0.1, 0.15) is 44.1 Å². The normalized spacial score (nSPS) is 15.9. The largest absolute Gasteiger partial charge is 1.00 e. The smallest absolute Gasteiger partial charge is 0.250 e. The molecule has 6 N–H and O–H groups in total. The molecular weight excluding hydrogens is 802 g/mol. The number of nitrogens with one attached hydrogen (secondary N) is 1. The van der Waals surface area contributed by atoms with Crippen molar-refractivity contribution in [2.75, 3.05) is 120 Å². The first-order valence-electron chi connectivity index (χ1n) is 20.3. The highest BCUT2D eigenvalue weighted by Gasteiger charge is 2.34. The van der Waals surface area contributed by atoms with Gasteiger partial charge in [0.15, 0.2) is 6.04 Å². The summed E-state index contributed by atoms with van der Waals surface area (Å²) in [6.45, 7) is 10.5. The summed E-state index contributed by atoms with van der Waals surface area (Å²) in [5, 5.41) is 40.1. The molecule has 332 valence electrons. The number of aliphatic hydroxyl groups is 2. The molecule has 2 fully saturated rings. The number of quaternary nitrogens is 1. The summed E-state index contributed by atoms with van der Waals surface area (Å²) in [5.41, 5.74) is 5.28. The maximum atomic E-state index is 13.8. The van der Waals surface area contributed by atoms with E-state index in [-0.39, 0.29) is 37.4 Å². The maximum Gasteiger partial charge on any atom is 0.250 e. The minimum atomic E-state index is -0.975. The molecule has 2 aliphatic rings. The molecule has 3 aromatic rings. The first kappa shape index (κ1) is 47.9. The van der Waals surface area contributed by atoms with E-state index in [1.54, 1.807) is 36.0 Å². The van der Waals surface area contributed by atoms with Gasteiger partial charge in [-0.15, -0.1) is 16.6 Å². The quantitative estimate of drug-likeness (QED) is 0.0484. The van der Waals surface area contributed by atoms with Gasteiger partial charge in [-0.05, 0) is 33.1 Å². The highest BCUT2D eigenvalue weighted by Crippen LogP contribution is 2.22. The van der Waals surface area contributed by atoms with E-state index >= 15 is 0 Å². The van der Waals surface area contributed by atoms with Crippen LogP contribution >= 0.6 is 0 Å². The second-order valence-corrected chi connectivity index (χ2v) is 14.5. The Balaban J connectivity index is 0.00000794. The van der Waals surface area contributed by atoms with Crippen molar-refractivity contribution in [3.05, 3.63) is 23.8 Å². The van der Waals surface area contributed by atoms with Crippen molar-refractivity contribution in [2.45, 2.75) is 64.3 Å². The molecule has 3 aromatic heterocycles. The fraction of sp³-hybridized carbons (Fsp3) is 0.703. The molecule has 0 spiro atoms. The predicted molar refractivity (Wildman–Crippen MR) is 214 cm³/mol. The van der Waals surface area contributed by atoms with Crippen LogP contribution < -0.4 is 33.3 Å². The lowest BCUT2D eigenvalue weighted by molar-refractivity contribution is -0.368. The van der Waals surface area contributed by atoms with Gasteiger partial charge in [0.05, 0.1) is 63.2 Å². The molecule has 2 aliphatic heterocycles. The Labute approximate surface area is 356 Å². The number of anilines is 3. The third kappa shape index (κ3) is 14.8. The van der Waals surface area contributed by atoms with Gasteiger partial charge in [-0.25, -0.2) is 9.36 Å². The zero-order valence-corrected chi connectivity index (χ0v) is 35.4. The Hall–Kier alpha value is -4.76. The second kappa shape index (κ2) is 25.1. The number of ether oxygens (including phenoxy) is 3. The van der Waals surface area contributed by atoms with Crippen LogP contribution in [0.3, 0.4) is 0 Å². The monoisotopic (exact) mass is 861 g/mol. The molecule has 3 unspecified atom stereocenters. The molecule has 60 heavy (non-hydrogen) atoms. The van der Waals surface area contributed by atoms with Gasteiger partial charge in [0.2, 0.25) is 29.7 Å². The van der Waals surface area contributed by atoms with Crippen molar-refractivity contribution in [3.8, 4) is 12.3 Å². The minimum absolute atomic E-state index is 0. The summed E-state index contributed by atoms with van der Waals surface area (Å²) < 4.78 is 19.4. The van der Waals surface area contributed by atoms with E-state index in [2.05, 4.69) is 37.6 Å². The number of carbonyl (C=O) groups is 2. The van der Waals surface area contributed by atoms with E-state index in [9.17, 15) is 19.8 Å². The number of aliphatic hydroxyl groups excluding tert-OH is 2.